The molecular weight excluding hydrogens is 749 g/mol. The highest BCUT2D eigenvalue weighted by atomic mass is 16.3. The Morgan fingerprint density at radius 1 is 0.246 bits per heavy atom. The minimum Gasteiger partial charge on any atom is -0.456 e. The fraction of sp³-hybridized carbons (Fsp3) is 0. The van der Waals surface area contributed by atoms with Crippen molar-refractivity contribution in [2.24, 2.45) is 0 Å². The van der Waals surface area contributed by atoms with Crippen LogP contribution >= 0.6 is 0 Å². The third-order valence-electron chi connectivity index (χ3n) is 10.8. The van der Waals surface area contributed by atoms with E-state index in [1.54, 1.807) is 0 Å². The quantitative estimate of drug-likeness (QED) is 0.152. The average Bonchev–Trinajstić information content (AvgIpc) is 3.73. The Morgan fingerprint density at radius 3 is 1.26 bits per heavy atom. The normalized spacial score (nSPS) is 11.3. The standard InChI is InChI=1S/C54H34N6O/c1-5-17-35(18-6-1)39-25-15-26-41(33-39)52-56-51(38-23-11-4-12-24-38)59-54(60-52)44-29-16-30-47-48(44)45-34-40(31-32-46(45)61-47)42-27-13-14-28-43(42)53-57-49(36-19-7-2-8-20-36)55-50(58-53)37-21-9-3-10-22-37/h1-34H. The highest BCUT2D eigenvalue weighted by Gasteiger charge is 2.20. The van der Waals surface area contributed by atoms with Crippen molar-refractivity contribution in [3.8, 4) is 90.6 Å². The van der Waals surface area contributed by atoms with Gasteiger partial charge in [-0.25, -0.2) is 29.9 Å². The molecule has 3 heterocycles. The van der Waals surface area contributed by atoms with Crippen LogP contribution in [0, 0.1) is 0 Å². The first kappa shape index (κ1) is 35.7. The van der Waals surface area contributed by atoms with Crippen LogP contribution < -0.4 is 0 Å². The van der Waals surface area contributed by atoms with Gasteiger partial charge in [-0.1, -0.05) is 182 Å². The summed E-state index contributed by atoms with van der Waals surface area (Å²) in [6.45, 7) is 0. The summed E-state index contributed by atoms with van der Waals surface area (Å²) >= 11 is 0. The molecule has 0 radical (unpaired) electrons. The van der Waals surface area contributed by atoms with Gasteiger partial charge in [-0.2, -0.15) is 0 Å². The molecule has 286 valence electrons. The van der Waals surface area contributed by atoms with Gasteiger partial charge in [0.15, 0.2) is 34.9 Å². The van der Waals surface area contributed by atoms with Gasteiger partial charge in [-0.3, -0.25) is 0 Å². The van der Waals surface area contributed by atoms with Gasteiger partial charge in [0.2, 0.25) is 0 Å². The molecular formula is C54H34N6O. The highest BCUT2D eigenvalue weighted by Crippen LogP contribution is 2.40. The Balaban J connectivity index is 1.07. The van der Waals surface area contributed by atoms with Crippen molar-refractivity contribution in [1.82, 2.24) is 29.9 Å². The lowest BCUT2D eigenvalue weighted by atomic mass is 9.96. The Morgan fingerprint density at radius 2 is 0.672 bits per heavy atom. The maximum absolute atomic E-state index is 6.54. The first-order valence-corrected chi connectivity index (χ1v) is 20.1. The minimum atomic E-state index is 0.556. The third kappa shape index (κ3) is 6.90. The Hall–Kier alpha value is -8.42. The molecule has 61 heavy (non-hydrogen) atoms. The molecule has 0 spiro atoms. The van der Waals surface area contributed by atoms with Gasteiger partial charge < -0.3 is 4.42 Å². The van der Waals surface area contributed by atoms with Gasteiger partial charge in [0, 0.05) is 44.2 Å². The topological polar surface area (TPSA) is 90.5 Å². The first-order valence-electron chi connectivity index (χ1n) is 20.1. The van der Waals surface area contributed by atoms with Crippen LogP contribution in [-0.2, 0) is 0 Å². The van der Waals surface area contributed by atoms with Crippen LogP contribution in [0.3, 0.4) is 0 Å². The molecule has 0 aliphatic rings. The summed E-state index contributed by atoms with van der Waals surface area (Å²) in [7, 11) is 0. The predicted molar refractivity (Wildman–Crippen MR) is 244 cm³/mol. The zero-order valence-electron chi connectivity index (χ0n) is 32.7. The van der Waals surface area contributed by atoms with Gasteiger partial charge in [-0.05, 0) is 46.5 Å². The summed E-state index contributed by atoms with van der Waals surface area (Å²) in [4.78, 5) is 30.4. The predicted octanol–water partition coefficient (Wildman–Crippen LogP) is 13.3. The van der Waals surface area contributed by atoms with E-state index in [0.29, 0.717) is 34.9 Å². The van der Waals surface area contributed by atoms with Crippen LogP contribution in [0.5, 0.6) is 0 Å². The SMILES string of the molecule is c1ccc(-c2cccc(-c3nc(-c4ccccc4)nc(-c4cccc5oc6ccc(-c7ccccc7-c7nc(-c8ccccc8)nc(-c8ccccc8)n7)cc6c45)n3)c2)cc1. The molecule has 7 heteroatoms. The molecule has 0 bridgehead atoms. The highest BCUT2D eigenvalue weighted by molar-refractivity contribution is 6.13. The summed E-state index contributed by atoms with van der Waals surface area (Å²) < 4.78 is 6.54. The van der Waals surface area contributed by atoms with Crippen LogP contribution in [0.15, 0.2) is 211 Å². The minimum absolute atomic E-state index is 0.556. The van der Waals surface area contributed by atoms with Gasteiger partial charge >= 0.3 is 0 Å². The monoisotopic (exact) mass is 782 g/mol. The van der Waals surface area contributed by atoms with Crippen LogP contribution in [0.25, 0.3) is 113 Å². The van der Waals surface area contributed by atoms with Crippen LogP contribution in [0.1, 0.15) is 0 Å². The van der Waals surface area contributed by atoms with E-state index >= 15 is 0 Å². The molecule has 0 atom stereocenters. The molecule has 0 unspecified atom stereocenters. The smallest absolute Gasteiger partial charge is 0.164 e. The molecule has 3 aromatic heterocycles. The molecule has 0 fully saturated rings. The fourth-order valence-corrected chi connectivity index (χ4v) is 7.85. The lowest BCUT2D eigenvalue weighted by Gasteiger charge is -2.12. The lowest BCUT2D eigenvalue weighted by Crippen LogP contribution is -2.01. The van der Waals surface area contributed by atoms with Crippen molar-refractivity contribution in [3.63, 3.8) is 0 Å². The van der Waals surface area contributed by atoms with E-state index in [4.69, 9.17) is 34.3 Å². The van der Waals surface area contributed by atoms with Crippen molar-refractivity contribution in [2.45, 2.75) is 0 Å². The average molecular weight is 783 g/mol. The summed E-state index contributed by atoms with van der Waals surface area (Å²) in [5.74, 6) is 3.54. The Bertz CT molecular complexity index is 3300. The summed E-state index contributed by atoms with van der Waals surface area (Å²) in [5.41, 5.74) is 11.0. The molecule has 0 aliphatic carbocycles. The number of hydrogen-bond acceptors (Lipinski definition) is 7. The molecule has 0 saturated heterocycles. The van der Waals surface area contributed by atoms with Crippen LogP contribution in [-0.4, -0.2) is 29.9 Å². The van der Waals surface area contributed by atoms with Crippen LogP contribution in [0.2, 0.25) is 0 Å². The number of nitrogens with zero attached hydrogens (tertiary/aromatic N) is 6. The zero-order valence-corrected chi connectivity index (χ0v) is 32.7. The molecule has 0 aliphatic heterocycles. The zero-order chi connectivity index (χ0) is 40.5. The molecule has 11 aromatic rings. The second-order valence-electron chi connectivity index (χ2n) is 14.7. The van der Waals surface area contributed by atoms with E-state index in [9.17, 15) is 0 Å². The van der Waals surface area contributed by atoms with E-state index in [2.05, 4.69) is 66.7 Å². The van der Waals surface area contributed by atoms with Gasteiger partial charge in [-0.15, -0.1) is 0 Å². The fourth-order valence-electron chi connectivity index (χ4n) is 7.85. The number of furan rings is 1. The van der Waals surface area contributed by atoms with E-state index in [1.165, 1.54) is 0 Å². The number of benzene rings is 8. The Kier molecular flexibility index (Phi) is 9.02. The van der Waals surface area contributed by atoms with Gasteiger partial charge in [0.25, 0.3) is 0 Å². The molecule has 8 aromatic carbocycles. The maximum atomic E-state index is 6.54. The summed E-state index contributed by atoms with van der Waals surface area (Å²) in [6.07, 6.45) is 0. The first-order chi connectivity index (χ1) is 30.2. The van der Waals surface area contributed by atoms with E-state index in [0.717, 1.165) is 77.6 Å². The van der Waals surface area contributed by atoms with E-state index < -0.39 is 0 Å². The second-order valence-corrected chi connectivity index (χ2v) is 14.7. The number of rotatable bonds is 8. The largest absolute Gasteiger partial charge is 0.456 e. The molecule has 11 rings (SSSR count). The molecule has 0 saturated carbocycles. The van der Waals surface area contributed by atoms with Gasteiger partial charge in [0.1, 0.15) is 11.2 Å². The number of hydrogen-bond donors (Lipinski definition) is 0. The van der Waals surface area contributed by atoms with Crippen LogP contribution in [0.4, 0.5) is 0 Å². The number of aromatic nitrogens is 6. The maximum Gasteiger partial charge on any atom is 0.164 e. The third-order valence-corrected chi connectivity index (χ3v) is 10.8. The van der Waals surface area contributed by atoms with Crippen molar-refractivity contribution in [1.29, 1.82) is 0 Å². The number of fused-ring (bicyclic) bond motifs is 3. The van der Waals surface area contributed by atoms with E-state index in [-0.39, 0.29) is 0 Å². The van der Waals surface area contributed by atoms with Crippen molar-refractivity contribution < 1.29 is 4.42 Å². The van der Waals surface area contributed by atoms with Crippen molar-refractivity contribution in [3.05, 3.63) is 206 Å². The van der Waals surface area contributed by atoms with Crippen molar-refractivity contribution >= 4 is 21.9 Å². The summed E-state index contributed by atoms with van der Waals surface area (Å²) in [6, 6.07) is 69.4. The second kappa shape index (κ2) is 15.4. The lowest BCUT2D eigenvalue weighted by molar-refractivity contribution is 0.669. The summed E-state index contributed by atoms with van der Waals surface area (Å²) in [5, 5.41) is 1.86. The Labute approximate surface area is 351 Å². The molecule has 0 amide bonds. The molecule has 7 nitrogen and oxygen atoms in total. The molecule has 0 N–H and O–H groups in total. The van der Waals surface area contributed by atoms with E-state index in [1.807, 2.05) is 140 Å². The van der Waals surface area contributed by atoms with Crippen molar-refractivity contribution in [2.75, 3.05) is 0 Å². The van der Waals surface area contributed by atoms with Gasteiger partial charge in [0.05, 0.1) is 0 Å².